The van der Waals surface area contributed by atoms with Crippen LogP contribution in [0.4, 0.5) is 0 Å². The van der Waals surface area contributed by atoms with Gasteiger partial charge < -0.3 is 4.74 Å². The highest BCUT2D eigenvalue weighted by Crippen LogP contribution is 2.60. The highest BCUT2D eigenvalue weighted by Gasteiger charge is 2.57. The average Bonchev–Trinajstić information content (AvgIpc) is 2.75. The minimum Gasteiger partial charge on any atom is -0.465 e. The lowest BCUT2D eigenvalue weighted by Gasteiger charge is -2.54. The molecule has 0 saturated heterocycles. The van der Waals surface area contributed by atoms with Crippen molar-refractivity contribution in [1.29, 1.82) is 0 Å². The fraction of sp³-hybridized carbons (Fsp3) is 0.960. The smallest absolute Gasteiger partial charge is 0.312 e. The van der Waals surface area contributed by atoms with Gasteiger partial charge in [0.1, 0.15) is 0 Å². The number of carbonyl (C=O) groups is 1. The predicted octanol–water partition coefficient (Wildman–Crippen LogP) is 7.45. The summed E-state index contributed by atoms with van der Waals surface area (Å²) < 4.78 is 5.91. The molecule has 3 rings (SSSR count). The molecule has 0 atom stereocenters. The van der Waals surface area contributed by atoms with E-state index in [4.69, 9.17) is 4.74 Å². The van der Waals surface area contributed by atoms with Crippen molar-refractivity contribution in [2.24, 2.45) is 22.7 Å². The number of unbranched alkanes of at least 4 members (excludes halogenated alkanes) is 1. The monoisotopic (exact) mass is 376 g/mol. The Balaban J connectivity index is 1.72. The molecule has 0 spiro atoms. The van der Waals surface area contributed by atoms with E-state index in [1.54, 1.807) is 0 Å². The second-order valence-corrected chi connectivity index (χ2v) is 10.0. The predicted molar refractivity (Wildman–Crippen MR) is 113 cm³/mol. The molecule has 0 bridgehead atoms. The SMILES string of the molecule is CCCCOC(=O)C1(C2(CC)CCC(C3CCCCC3)CC2)CCCCC1. The van der Waals surface area contributed by atoms with Crippen LogP contribution in [0.15, 0.2) is 0 Å². The third-order valence-corrected chi connectivity index (χ3v) is 8.82. The highest BCUT2D eigenvalue weighted by molar-refractivity contribution is 5.78. The van der Waals surface area contributed by atoms with Gasteiger partial charge >= 0.3 is 5.97 Å². The quantitative estimate of drug-likeness (QED) is 0.341. The van der Waals surface area contributed by atoms with Crippen molar-refractivity contribution in [3.63, 3.8) is 0 Å². The van der Waals surface area contributed by atoms with Gasteiger partial charge in [-0.05, 0) is 68.6 Å². The Morgan fingerprint density at radius 2 is 1.41 bits per heavy atom. The van der Waals surface area contributed by atoms with Crippen molar-refractivity contribution in [2.45, 2.75) is 123 Å². The lowest BCUT2D eigenvalue weighted by atomic mass is 9.49. The number of hydrogen-bond acceptors (Lipinski definition) is 2. The Morgan fingerprint density at radius 3 is 2.00 bits per heavy atom. The van der Waals surface area contributed by atoms with E-state index in [2.05, 4.69) is 13.8 Å². The Labute approximate surface area is 168 Å². The van der Waals surface area contributed by atoms with Crippen molar-refractivity contribution >= 4 is 5.97 Å². The molecule has 0 amide bonds. The molecule has 3 saturated carbocycles. The summed E-state index contributed by atoms with van der Waals surface area (Å²) in [5.41, 5.74) is 0.0349. The maximum Gasteiger partial charge on any atom is 0.312 e. The lowest BCUT2D eigenvalue weighted by molar-refractivity contribution is -0.174. The average molecular weight is 377 g/mol. The van der Waals surface area contributed by atoms with Crippen LogP contribution in [0.1, 0.15) is 123 Å². The van der Waals surface area contributed by atoms with Crippen LogP contribution < -0.4 is 0 Å². The van der Waals surface area contributed by atoms with Gasteiger partial charge in [0.25, 0.3) is 0 Å². The third kappa shape index (κ3) is 4.40. The molecule has 156 valence electrons. The summed E-state index contributed by atoms with van der Waals surface area (Å²) in [5, 5.41) is 0. The molecular formula is C25H44O2. The summed E-state index contributed by atoms with van der Waals surface area (Å²) in [6, 6.07) is 0. The zero-order valence-corrected chi connectivity index (χ0v) is 18.2. The summed E-state index contributed by atoms with van der Waals surface area (Å²) in [5.74, 6) is 2.09. The van der Waals surface area contributed by atoms with Crippen molar-refractivity contribution in [2.75, 3.05) is 6.61 Å². The first kappa shape index (κ1) is 21.2. The molecular weight excluding hydrogens is 332 g/mol. The van der Waals surface area contributed by atoms with Crippen LogP contribution in [0.2, 0.25) is 0 Å². The first-order valence-electron chi connectivity index (χ1n) is 12.3. The van der Waals surface area contributed by atoms with E-state index < -0.39 is 0 Å². The van der Waals surface area contributed by atoms with Gasteiger partial charge in [0, 0.05) is 0 Å². The maximum atomic E-state index is 13.4. The standard InChI is InChI=1S/C25H44O2/c1-3-5-20-27-23(26)25(16-10-7-11-17-25)24(4-2)18-14-22(15-19-24)21-12-8-6-9-13-21/h21-22H,3-20H2,1-2H3. The molecule has 3 aliphatic carbocycles. The number of esters is 1. The molecule has 0 aromatic heterocycles. The van der Waals surface area contributed by atoms with Crippen LogP contribution in [0.5, 0.6) is 0 Å². The maximum absolute atomic E-state index is 13.4. The van der Waals surface area contributed by atoms with Gasteiger partial charge in [-0.1, -0.05) is 71.6 Å². The zero-order valence-electron chi connectivity index (χ0n) is 18.2. The molecule has 0 aromatic rings. The van der Waals surface area contributed by atoms with Gasteiger partial charge in [0.15, 0.2) is 0 Å². The molecule has 2 nitrogen and oxygen atoms in total. The van der Waals surface area contributed by atoms with Crippen molar-refractivity contribution in [3.05, 3.63) is 0 Å². The molecule has 0 heterocycles. The minimum atomic E-state index is -0.175. The van der Waals surface area contributed by atoms with Crippen LogP contribution >= 0.6 is 0 Å². The topological polar surface area (TPSA) is 26.3 Å². The first-order valence-corrected chi connectivity index (χ1v) is 12.3. The van der Waals surface area contributed by atoms with E-state index in [9.17, 15) is 4.79 Å². The molecule has 0 N–H and O–H groups in total. The molecule has 27 heavy (non-hydrogen) atoms. The summed E-state index contributed by atoms with van der Waals surface area (Å²) >= 11 is 0. The number of ether oxygens (including phenoxy) is 1. The van der Waals surface area contributed by atoms with Crippen LogP contribution in [-0.2, 0) is 9.53 Å². The second kappa shape index (κ2) is 9.79. The number of hydrogen-bond donors (Lipinski definition) is 0. The lowest BCUT2D eigenvalue weighted by Crippen LogP contribution is -2.51. The molecule has 0 unspecified atom stereocenters. The number of carbonyl (C=O) groups excluding carboxylic acids is 1. The van der Waals surface area contributed by atoms with Crippen LogP contribution in [0.3, 0.4) is 0 Å². The van der Waals surface area contributed by atoms with E-state index in [1.807, 2.05) is 0 Å². The first-order chi connectivity index (χ1) is 13.2. The van der Waals surface area contributed by atoms with Gasteiger partial charge in [-0.15, -0.1) is 0 Å². The van der Waals surface area contributed by atoms with E-state index in [1.165, 1.54) is 77.0 Å². The second-order valence-electron chi connectivity index (χ2n) is 10.0. The molecule has 0 aliphatic heterocycles. The normalized spacial score (nSPS) is 32.1. The Kier molecular flexibility index (Phi) is 7.68. The Morgan fingerprint density at radius 1 is 0.815 bits per heavy atom. The highest BCUT2D eigenvalue weighted by atomic mass is 16.5. The minimum absolute atomic E-state index is 0.175. The fourth-order valence-corrected chi connectivity index (χ4v) is 6.99. The van der Waals surface area contributed by atoms with Crippen LogP contribution in [-0.4, -0.2) is 12.6 Å². The van der Waals surface area contributed by atoms with E-state index in [0.29, 0.717) is 6.61 Å². The van der Waals surface area contributed by atoms with E-state index in [0.717, 1.165) is 43.9 Å². The van der Waals surface area contributed by atoms with E-state index >= 15 is 0 Å². The largest absolute Gasteiger partial charge is 0.465 e. The summed E-state index contributed by atoms with van der Waals surface area (Å²) in [4.78, 5) is 13.4. The van der Waals surface area contributed by atoms with E-state index in [-0.39, 0.29) is 16.8 Å². The molecule has 2 heteroatoms. The van der Waals surface area contributed by atoms with Crippen LogP contribution in [0, 0.1) is 22.7 Å². The summed E-state index contributed by atoms with van der Waals surface area (Å²) in [6.07, 6.45) is 21.7. The molecule has 0 radical (unpaired) electrons. The molecule has 3 fully saturated rings. The molecule has 0 aromatic carbocycles. The van der Waals surface area contributed by atoms with Crippen LogP contribution in [0.25, 0.3) is 0 Å². The van der Waals surface area contributed by atoms with Gasteiger partial charge in [0.05, 0.1) is 12.0 Å². The van der Waals surface area contributed by atoms with Crippen molar-refractivity contribution in [3.8, 4) is 0 Å². The summed E-state index contributed by atoms with van der Waals surface area (Å²) in [6.45, 7) is 5.16. The Bertz CT molecular complexity index is 449. The van der Waals surface area contributed by atoms with Gasteiger partial charge in [0.2, 0.25) is 0 Å². The fourth-order valence-electron chi connectivity index (χ4n) is 6.99. The summed E-state index contributed by atoms with van der Waals surface area (Å²) in [7, 11) is 0. The number of rotatable bonds is 7. The zero-order chi connectivity index (χ0) is 19.2. The Hall–Kier alpha value is -0.530. The van der Waals surface area contributed by atoms with Crippen molar-refractivity contribution in [1.82, 2.24) is 0 Å². The van der Waals surface area contributed by atoms with Gasteiger partial charge in [-0.2, -0.15) is 0 Å². The van der Waals surface area contributed by atoms with Gasteiger partial charge in [-0.3, -0.25) is 4.79 Å². The third-order valence-electron chi connectivity index (χ3n) is 8.82. The van der Waals surface area contributed by atoms with Gasteiger partial charge in [-0.25, -0.2) is 0 Å². The molecule has 3 aliphatic rings. The van der Waals surface area contributed by atoms with Crippen molar-refractivity contribution < 1.29 is 9.53 Å².